The molecule has 1 fully saturated rings. The van der Waals surface area contributed by atoms with Crippen LogP contribution in [0.15, 0.2) is 12.1 Å². The highest BCUT2D eigenvalue weighted by molar-refractivity contribution is 5.87. The highest BCUT2D eigenvalue weighted by Crippen LogP contribution is 2.35. The fourth-order valence-corrected chi connectivity index (χ4v) is 1.55. The van der Waals surface area contributed by atoms with Gasteiger partial charge in [0.15, 0.2) is 0 Å². The highest BCUT2D eigenvalue weighted by Gasteiger charge is 2.22. The molecule has 0 spiro atoms. The van der Waals surface area contributed by atoms with E-state index < -0.39 is 11.9 Å². The summed E-state index contributed by atoms with van der Waals surface area (Å²) in [4.78, 5) is 14.3. The van der Waals surface area contributed by atoms with Gasteiger partial charge in [0.05, 0.1) is 5.56 Å². The molecule has 1 aromatic heterocycles. The van der Waals surface area contributed by atoms with E-state index in [9.17, 15) is 9.18 Å². The van der Waals surface area contributed by atoms with Gasteiger partial charge in [-0.1, -0.05) is 6.42 Å². The predicted octanol–water partition coefficient (Wildman–Crippen LogP) is 2.19. The third-order valence-electron chi connectivity index (χ3n) is 2.58. The molecule has 4 heteroatoms. The summed E-state index contributed by atoms with van der Waals surface area (Å²) in [6.07, 6.45) is 3.08. The number of carboxylic acid groups (broad SMARTS) is 1. The smallest absolute Gasteiger partial charge is 0.335 e. The lowest BCUT2D eigenvalue weighted by Crippen LogP contribution is -2.12. The summed E-state index contributed by atoms with van der Waals surface area (Å²) < 4.78 is 12.9. The van der Waals surface area contributed by atoms with Gasteiger partial charge in [-0.25, -0.2) is 9.78 Å². The predicted molar refractivity (Wildman–Crippen MR) is 47.7 cm³/mol. The van der Waals surface area contributed by atoms with Gasteiger partial charge in [-0.15, -0.1) is 0 Å². The van der Waals surface area contributed by atoms with Gasteiger partial charge in [-0.3, -0.25) is 0 Å². The van der Waals surface area contributed by atoms with Crippen molar-refractivity contribution in [3.63, 3.8) is 0 Å². The lowest BCUT2D eigenvalue weighted by Gasteiger charge is -2.24. The number of nitrogens with zero attached hydrogens (tertiary/aromatic N) is 1. The first-order valence-corrected chi connectivity index (χ1v) is 4.57. The van der Waals surface area contributed by atoms with E-state index in [1.54, 1.807) is 0 Å². The number of aromatic nitrogens is 1. The Bertz CT molecular complexity index is 374. The van der Waals surface area contributed by atoms with Gasteiger partial charge in [-0.2, -0.15) is 4.39 Å². The van der Waals surface area contributed by atoms with E-state index in [0.717, 1.165) is 25.3 Å². The number of pyridine rings is 1. The number of carboxylic acids is 1. The Morgan fingerprint density at radius 1 is 1.50 bits per heavy atom. The second kappa shape index (κ2) is 3.36. The molecule has 74 valence electrons. The zero-order chi connectivity index (χ0) is 10.1. The molecule has 0 radical (unpaired) electrons. The molecule has 0 amide bonds. The quantitative estimate of drug-likeness (QED) is 0.736. The van der Waals surface area contributed by atoms with Gasteiger partial charge < -0.3 is 5.11 Å². The van der Waals surface area contributed by atoms with Gasteiger partial charge in [0, 0.05) is 17.7 Å². The molecule has 1 saturated carbocycles. The average molecular weight is 195 g/mol. The number of halogens is 1. The Hall–Kier alpha value is -1.45. The molecular formula is C10H10FNO2. The van der Waals surface area contributed by atoms with Crippen LogP contribution in [-0.4, -0.2) is 16.1 Å². The molecule has 0 unspecified atom stereocenters. The number of carbonyl (C=O) groups is 1. The molecule has 1 aliphatic rings. The van der Waals surface area contributed by atoms with E-state index in [1.165, 1.54) is 6.07 Å². The molecule has 1 N–H and O–H groups in total. The number of aromatic carboxylic acids is 1. The molecule has 3 nitrogen and oxygen atoms in total. The maximum absolute atomic E-state index is 12.9. The molecule has 14 heavy (non-hydrogen) atoms. The maximum Gasteiger partial charge on any atom is 0.335 e. The van der Waals surface area contributed by atoms with Crippen LogP contribution in [0.5, 0.6) is 0 Å². The van der Waals surface area contributed by atoms with Crippen LogP contribution in [-0.2, 0) is 0 Å². The van der Waals surface area contributed by atoms with Crippen LogP contribution in [0.4, 0.5) is 4.39 Å². The Morgan fingerprint density at radius 3 is 2.71 bits per heavy atom. The van der Waals surface area contributed by atoms with Crippen molar-refractivity contribution in [2.45, 2.75) is 25.2 Å². The van der Waals surface area contributed by atoms with Gasteiger partial charge >= 0.3 is 5.97 Å². The third-order valence-corrected chi connectivity index (χ3v) is 2.58. The molecule has 0 aromatic carbocycles. The molecule has 0 bridgehead atoms. The minimum absolute atomic E-state index is 0.0144. The van der Waals surface area contributed by atoms with E-state index in [2.05, 4.69) is 4.98 Å². The van der Waals surface area contributed by atoms with E-state index in [-0.39, 0.29) is 11.5 Å². The van der Waals surface area contributed by atoms with Crippen molar-refractivity contribution in [2.75, 3.05) is 0 Å². The van der Waals surface area contributed by atoms with Crippen molar-refractivity contribution in [2.24, 2.45) is 0 Å². The van der Waals surface area contributed by atoms with Crippen LogP contribution in [0.3, 0.4) is 0 Å². The van der Waals surface area contributed by atoms with E-state index in [1.807, 2.05) is 0 Å². The standard InChI is InChI=1S/C10H10FNO2/c11-9-5-7(10(13)14)4-8(12-9)6-2-1-3-6/h4-6H,1-3H2,(H,13,14). The third kappa shape index (κ3) is 1.60. The highest BCUT2D eigenvalue weighted by atomic mass is 19.1. The van der Waals surface area contributed by atoms with E-state index in [0.29, 0.717) is 5.69 Å². The summed E-state index contributed by atoms with van der Waals surface area (Å²) in [5.41, 5.74) is 0.563. The van der Waals surface area contributed by atoms with Crippen LogP contribution in [0.2, 0.25) is 0 Å². The zero-order valence-corrected chi connectivity index (χ0v) is 7.53. The van der Waals surface area contributed by atoms with Crippen LogP contribution in [0.1, 0.15) is 41.2 Å². The number of rotatable bonds is 2. The van der Waals surface area contributed by atoms with Crippen molar-refractivity contribution >= 4 is 5.97 Å². The van der Waals surface area contributed by atoms with Crippen molar-refractivity contribution in [3.8, 4) is 0 Å². The maximum atomic E-state index is 12.9. The first-order valence-electron chi connectivity index (χ1n) is 4.57. The summed E-state index contributed by atoms with van der Waals surface area (Å²) in [7, 11) is 0. The second-order valence-electron chi connectivity index (χ2n) is 3.54. The van der Waals surface area contributed by atoms with Crippen molar-refractivity contribution in [1.82, 2.24) is 4.98 Å². The summed E-state index contributed by atoms with van der Waals surface area (Å²) in [6.45, 7) is 0. The first-order chi connectivity index (χ1) is 6.66. The Labute approximate surface area is 80.6 Å². The summed E-state index contributed by atoms with van der Waals surface area (Å²) >= 11 is 0. The lowest BCUT2D eigenvalue weighted by molar-refractivity contribution is 0.0696. The lowest BCUT2D eigenvalue weighted by atomic mass is 9.82. The first kappa shape index (κ1) is 9.12. The number of hydrogen-bond donors (Lipinski definition) is 1. The molecule has 0 atom stereocenters. The van der Waals surface area contributed by atoms with Crippen LogP contribution >= 0.6 is 0 Å². The number of hydrogen-bond acceptors (Lipinski definition) is 2. The van der Waals surface area contributed by atoms with Crippen molar-refractivity contribution in [1.29, 1.82) is 0 Å². The molecule has 1 aliphatic carbocycles. The van der Waals surface area contributed by atoms with Gasteiger partial charge in [0.1, 0.15) is 0 Å². The molecule has 2 rings (SSSR count). The summed E-state index contributed by atoms with van der Waals surface area (Å²) in [5, 5.41) is 8.71. The SMILES string of the molecule is O=C(O)c1cc(F)nc(C2CCC2)c1. The minimum Gasteiger partial charge on any atom is -0.478 e. The van der Waals surface area contributed by atoms with Gasteiger partial charge in [-0.05, 0) is 18.9 Å². The average Bonchev–Trinajstić information content (AvgIpc) is 1.99. The van der Waals surface area contributed by atoms with Crippen LogP contribution < -0.4 is 0 Å². The Balaban J connectivity index is 2.35. The van der Waals surface area contributed by atoms with Crippen molar-refractivity contribution in [3.05, 3.63) is 29.3 Å². The Kier molecular flexibility index (Phi) is 2.19. The molecule has 1 heterocycles. The zero-order valence-electron chi connectivity index (χ0n) is 7.53. The Morgan fingerprint density at radius 2 is 2.21 bits per heavy atom. The fraction of sp³-hybridized carbons (Fsp3) is 0.400. The van der Waals surface area contributed by atoms with Gasteiger partial charge in [0.25, 0.3) is 0 Å². The van der Waals surface area contributed by atoms with Gasteiger partial charge in [0.2, 0.25) is 5.95 Å². The fourth-order valence-electron chi connectivity index (χ4n) is 1.55. The minimum atomic E-state index is -1.10. The monoisotopic (exact) mass is 195 g/mol. The van der Waals surface area contributed by atoms with E-state index in [4.69, 9.17) is 5.11 Å². The second-order valence-corrected chi connectivity index (χ2v) is 3.54. The summed E-state index contributed by atoms with van der Waals surface area (Å²) in [6, 6.07) is 2.42. The van der Waals surface area contributed by atoms with Crippen LogP contribution in [0.25, 0.3) is 0 Å². The molecule has 0 saturated heterocycles. The topological polar surface area (TPSA) is 50.2 Å². The normalized spacial score (nSPS) is 16.4. The van der Waals surface area contributed by atoms with Crippen molar-refractivity contribution < 1.29 is 14.3 Å². The summed E-state index contributed by atoms with van der Waals surface area (Å²) in [5.74, 6) is -1.55. The molecule has 0 aliphatic heterocycles. The molecule has 1 aromatic rings. The van der Waals surface area contributed by atoms with Crippen LogP contribution in [0, 0.1) is 5.95 Å². The molecular weight excluding hydrogens is 185 g/mol. The largest absolute Gasteiger partial charge is 0.478 e. The van der Waals surface area contributed by atoms with E-state index >= 15 is 0 Å².